The molecule has 10 nitrogen and oxygen atoms in total. The monoisotopic (exact) mass is 1520 g/mol. The number of fused-ring (bicyclic) bond motifs is 4. The van der Waals surface area contributed by atoms with Crippen molar-refractivity contribution >= 4 is 0 Å². The van der Waals surface area contributed by atoms with Crippen LogP contribution in [-0.2, 0) is 6.42 Å². The largest absolute Gasteiger partial charge is 0.406 e. The molecule has 0 saturated heterocycles. The Balaban J connectivity index is -0.00000111. The van der Waals surface area contributed by atoms with E-state index in [1.807, 2.05) is 44.2 Å². The van der Waals surface area contributed by atoms with Crippen LogP contribution in [0.2, 0.25) is 0 Å². The second kappa shape index (κ2) is 54.6. The highest BCUT2D eigenvalue weighted by Gasteiger charge is 2.47. The standard InChI is InChI=1S/2C10H19N.C10H14O.C10H14.2C9H21N.C8H17N.C7H14F3N.C7H15N.2C7H17N/c2*1-7(2)11-10-6-8-3-4-9(10)5-8;1-8(2)10(11)9-6-4-3-5-7-9;1-9(2)8-10-6-4-3-5-7-10;1-7(2)10-8(3)9(4,5)6;1-7(2)9(5,6)10-8(3)4;1-7(2)9(3)8-5-4-6-8;1-5(2)11-6(3,4)7(8,9)10;1-6(2)8-7-4-3-5-7;2*1-6(2)8-7(3,4)5/h2*7-11H,3-6H2,1-2H3;3-8,10-11H,1-2H3;3-7,9H,8H2,1-2H3;2*7-8,10H,1-6H3;7-8H,4-6H2,1-3H3;5,11H,1-4H3;6-8H,3-5H2,1-2H3;2*6,8H,1-5H3. The van der Waals surface area contributed by atoms with Gasteiger partial charge >= 0.3 is 6.18 Å². The number of hydrogen-bond acceptors (Lipinski definition) is 10. The normalized spacial score (nSPS) is 20.5. The summed E-state index contributed by atoms with van der Waals surface area (Å²) >= 11 is 0. The Hall–Kier alpha value is -2.17. The van der Waals surface area contributed by atoms with Crippen molar-refractivity contribution in [2.45, 2.75) is 478 Å². The summed E-state index contributed by atoms with van der Waals surface area (Å²) in [5, 5.41) is 36.6. The zero-order chi connectivity index (χ0) is 83.8. The molecule has 0 spiro atoms. The average molecular weight is 1520 g/mol. The minimum absolute atomic E-state index is 0.161. The quantitative estimate of drug-likeness (QED) is 0.0598. The molecule has 0 radical (unpaired) electrons. The SMILES string of the molecule is CC(C)C(O)c1ccccc1.CC(C)Cc1ccccc1.CC(C)N(C)C1CCC1.CC(C)NC(C)(C)C.CC(C)NC(C)(C)C.CC(C)NC(C)(C)C(C)C.CC(C)NC(C)(C)C(F)(F)F.CC(C)NC(C)C(C)(C)C.CC(C)NC1CC2CCC1C2.CC(C)NC1CC2CCC1C2.CC(C)NC1CCC1. The van der Waals surface area contributed by atoms with Crippen LogP contribution < -0.4 is 42.5 Å². The van der Waals surface area contributed by atoms with Gasteiger partial charge in [0.05, 0.1) is 6.10 Å². The highest BCUT2D eigenvalue weighted by molar-refractivity contribution is 5.17. The van der Waals surface area contributed by atoms with Gasteiger partial charge in [-0.05, 0) is 226 Å². The third-order valence-electron chi connectivity index (χ3n) is 20.8. The minimum Gasteiger partial charge on any atom is -0.388 e. The number of halogens is 3. The van der Waals surface area contributed by atoms with E-state index in [1.54, 1.807) is 13.8 Å². The third-order valence-corrected chi connectivity index (χ3v) is 20.8. The molecule has 0 heterocycles. The van der Waals surface area contributed by atoms with Crippen LogP contribution >= 0.6 is 0 Å². The van der Waals surface area contributed by atoms with Crippen molar-refractivity contribution in [2.75, 3.05) is 7.05 Å². The molecule has 636 valence electrons. The molecule has 8 unspecified atom stereocenters. The highest BCUT2D eigenvalue weighted by Crippen LogP contribution is 2.45. The fourth-order valence-electron chi connectivity index (χ4n) is 14.3. The minimum atomic E-state index is -4.18. The van der Waals surface area contributed by atoms with E-state index in [4.69, 9.17) is 0 Å². The molecule has 0 aliphatic heterocycles. The van der Waals surface area contributed by atoms with E-state index >= 15 is 0 Å². The zero-order valence-corrected chi connectivity index (χ0v) is 78.1. The van der Waals surface area contributed by atoms with Crippen LogP contribution in [0.1, 0.15) is 370 Å². The summed E-state index contributed by atoms with van der Waals surface area (Å²) in [5.74, 6) is 5.96. The average Bonchev–Trinajstić information content (AvgIpc) is 1.70. The molecule has 107 heavy (non-hydrogen) atoms. The topological polar surface area (TPSA) is 120 Å². The third kappa shape index (κ3) is 57.5. The Morgan fingerprint density at radius 1 is 0.430 bits per heavy atom. The lowest BCUT2D eigenvalue weighted by Crippen LogP contribution is -2.54. The Bertz CT molecular complexity index is 2320. The van der Waals surface area contributed by atoms with Crippen molar-refractivity contribution in [1.82, 2.24) is 47.4 Å². The Labute approximate surface area is 666 Å². The molecule has 0 aromatic heterocycles. The molecule has 6 aliphatic carbocycles. The molecule has 6 aliphatic rings. The van der Waals surface area contributed by atoms with Crippen molar-refractivity contribution in [3.05, 3.63) is 71.8 Å². The first-order valence-electron chi connectivity index (χ1n) is 43.4. The van der Waals surface area contributed by atoms with E-state index in [2.05, 4.69) is 306 Å². The predicted molar refractivity (Wildman–Crippen MR) is 472 cm³/mol. The number of hydrogen-bond donors (Lipinski definition) is 9. The van der Waals surface area contributed by atoms with Crippen LogP contribution in [0.4, 0.5) is 13.2 Å². The van der Waals surface area contributed by atoms with Crippen LogP contribution in [0.15, 0.2) is 60.7 Å². The molecule has 6 saturated carbocycles. The molecule has 2 aromatic carbocycles. The van der Waals surface area contributed by atoms with Gasteiger partial charge in [-0.1, -0.05) is 259 Å². The van der Waals surface area contributed by atoms with E-state index in [-0.39, 0.29) is 34.7 Å². The molecule has 4 bridgehead atoms. The van der Waals surface area contributed by atoms with Gasteiger partial charge in [-0.25, -0.2) is 0 Å². The van der Waals surface area contributed by atoms with Crippen molar-refractivity contribution in [3.8, 4) is 0 Å². The van der Waals surface area contributed by atoms with Gasteiger partial charge in [0.25, 0.3) is 0 Å². The lowest BCUT2D eigenvalue weighted by Gasteiger charge is -2.37. The maximum Gasteiger partial charge on any atom is 0.406 e. The molecular weight excluding hydrogens is 1330 g/mol. The van der Waals surface area contributed by atoms with Gasteiger partial charge in [0.2, 0.25) is 0 Å². The molecular formula is C94H188F3N9O. The van der Waals surface area contributed by atoms with Crippen molar-refractivity contribution in [1.29, 1.82) is 0 Å². The maximum atomic E-state index is 12.1. The van der Waals surface area contributed by atoms with E-state index in [0.29, 0.717) is 59.7 Å². The highest BCUT2D eigenvalue weighted by atomic mass is 19.4. The first-order valence-corrected chi connectivity index (χ1v) is 43.4. The van der Waals surface area contributed by atoms with Gasteiger partial charge in [-0.2, -0.15) is 13.2 Å². The maximum absolute atomic E-state index is 12.1. The number of aliphatic hydroxyl groups excluding tert-OH is 1. The number of benzene rings is 2. The molecule has 13 heteroatoms. The van der Waals surface area contributed by atoms with E-state index in [0.717, 1.165) is 79.2 Å². The van der Waals surface area contributed by atoms with Gasteiger partial charge in [0, 0.05) is 101 Å². The summed E-state index contributed by atoms with van der Waals surface area (Å²) in [5.41, 5.74) is 1.85. The van der Waals surface area contributed by atoms with Crippen molar-refractivity contribution in [3.63, 3.8) is 0 Å². The lowest BCUT2D eigenvalue weighted by atomic mass is 9.88. The van der Waals surface area contributed by atoms with Crippen LogP contribution in [0.5, 0.6) is 0 Å². The first kappa shape index (κ1) is 109. The Morgan fingerprint density at radius 3 is 0.981 bits per heavy atom. The summed E-state index contributed by atoms with van der Waals surface area (Å²) < 4.78 is 36.4. The number of nitrogens with zero attached hydrogens (tertiary/aromatic N) is 1. The molecule has 6 fully saturated rings. The van der Waals surface area contributed by atoms with Crippen LogP contribution in [-0.4, -0.2) is 130 Å². The van der Waals surface area contributed by atoms with Crippen LogP contribution in [0, 0.1) is 46.8 Å². The summed E-state index contributed by atoms with van der Waals surface area (Å²) in [4.78, 5) is 2.48. The van der Waals surface area contributed by atoms with E-state index < -0.39 is 11.7 Å². The fraction of sp³-hybridized carbons (Fsp3) is 0.872. The van der Waals surface area contributed by atoms with Gasteiger partial charge in [-0.15, -0.1) is 0 Å². The summed E-state index contributed by atoms with van der Waals surface area (Å²) in [6, 6.07) is 29.4. The van der Waals surface area contributed by atoms with E-state index in [1.165, 1.54) is 102 Å². The molecule has 8 atom stereocenters. The predicted octanol–water partition coefficient (Wildman–Crippen LogP) is 23.8. The van der Waals surface area contributed by atoms with Gasteiger partial charge in [-0.3, -0.25) is 0 Å². The smallest absolute Gasteiger partial charge is 0.388 e. The van der Waals surface area contributed by atoms with Gasteiger partial charge < -0.3 is 52.5 Å². The molecule has 2 aromatic rings. The van der Waals surface area contributed by atoms with Crippen molar-refractivity contribution in [2.24, 2.45) is 46.8 Å². The Morgan fingerprint density at radius 2 is 0.804 bits per heavy atom. The van der Waals surface area contributed by atoms with Crippen molar-refractivity contribution < 1.29 is 18.3 Å². The van der Waals surface area contributed by atoms with E-state index in [9.17, 15) is 18.3 Å². The number of aliphatic hydroxyl groups is 1. The molecule has 0 amide bonds. The number of rotatable bonds is 21. The van der Waals surface area contributed by atoms with Gasteiger partial charge in [0.1, 0.15) is 5.54 Å². The number of alkyl halides is 3. The molecule has 9 N–H and O–H groups in total. The summed E-state index contributed by atoms with van der Waals surface area (Å²) in [6.45, 7) is 80.5. The lowest BCUT2D eigenvalue weighted by molar-refractivity contribution is -0.187. The first-order chi connectivity index (χ1) is 48.7. The second-order valence-electron chi connectivity index (χ2n) is 40.8. The zero-order valence-electron chi connectivity index (χ0n) is 78.1. The number of nitrogens with one attached hydrogen (secondary N) is 8. The Kier molecular flexibility index (Phi) is 55.6. The van der Waals surface area contributed by atoms with Gasteiger partial charge in [0.15, 0.2) is 0 Å². The fourth-order valence-corrected chi connectivity index (χ4v) is 14.3. The molecule has 8 rings (SSSR count). The summed E-state index contributed by atoms with van der Waals surface area (Å²) in [6.07, 6.45) is 17.2. The van der Waals surface area contributed by atoms with Crippen LogP contribution in [0.3, 0.4) is 0 Å². The second-order valence-corrected chi connectivity index (χ2v) is 40.8. The summed E-state index contributed by atoms with van der Waals surface area (Å²) in [7, 11) is 2.23. The van der Waals surface area contributed by atoms with Crippen LogP contribution in [0.25, 0.3) is 0 Å².